The number of carboxylic acid groups (broad SMARTS) is 2. The van der Waals surface area contributed by atoms with Crippen LogP contribution in [0.4, 0.5) is 10.6 Å². The third-order valence-corrected chi connectivity index (χ3v) is 20.5. The van der Waals surface area contributed by atoms with Crippen molar-refractivity contribution in [2.75, 3.05) is 38.8 Å². The van der Waals surface area contributed by atoms with E-state index < -0.39 is 78.2 Å². The number of aliphatic hydroxyl groups excluding tert-OH is 1. The molecule has 0 spiro atoms. The van der Waals surface area contributed by atoms with Crippen molar-refractivity contribution in [3.8, 4) is 43.4 Å². The van der Waals surface area contributed by atoms with E-state index in [-0.39, 0.29) is 86.0 Å². The SMILES string of the molecule is CNC(=O)C[C@@H]1NC(=O)c2csc(n2)-c2ccc(-c3nc(N(CCCCC(=O)O)C(=O)OCC4CC4C(=O)O)cs3)nc2-c2csc(n2)-c2csc(n2)[C@H]([C@@H](O)c2ccccc2)NC(=O)CNC(=O)c2nc(sc2COC)C(C(C)C)CC(=O)c2nc1sc2C. The largest absolute Gasteiger partial charge is 0.481 e. The number of carboxylic acids is 2. The number of thiazole rings is 6. The maximum Gasteiger partial charge on any atom is 0.415 e. The molecule has 90 heavy (non-hydrogen) atoms. The van der Waals surface area contributed by atoms with Gasteiger partial charge in [-0.3, -0.25) is 38.5 Å². The smallest absolute Gasteiger partial charge is 0.415 e. The summed E-state index contributed by atoms with van der Waals surface area (Å²) in [5, 5.41) is 50.7. The summed E-state index contributed by atoms with van der Waals surface area (Å²) in [6.07, 6.45) is -1.56. The number of aromatic nitrogens is 7. The van der Waals surface area contributed by atoms with Crippen LogP contribution in [-0.2, 0) is 35.3 Å². The molecule has 470 valence electrons. The van der Waals surface area contributed by atoms with Gasteiger partial charge >= 0.3 is 18.0 Å². The zero-order valence-corrected chi connectivity index (χ0v) is 53.8. The van der Waals surface area contributed by atoms with Crippen LogP contribution in [0.5, 0.6) is 0 Å². The maximum absolute atomic E-state index is 14.4. The van der Waals surface area contributed by atoms with E-state index in [9.17, 15) is 53.7 Å². The van der Waals surface area contributed by atoms with E-state index in [0.717, 1.165) is 22.7 Å². The molecule has 1 aromatic carbocycles. The summed E-state index contributed by atoms with van der Waals surface area (Å²) < 4.78 is 11.1. The summed E-state index contributed by atoms with van der Waals surface area (Å²) in [4.78, 5) is 143. The van der Waals surface area contributed by atoms with Gasteiger partial charge in [-0.1, -0.05) is 44.2 Å². The summed E-state index contributed by atoms with van der Waals surface area (Å²) >= 11 is 7.09. The number of carbonyl (C=O) groups is 8. The number of methoxy groups -OCH3 is 1. The van der Waals surface area contributed by atoms with E-state index in [4.69, 9.17) is 44.4 Å². The van der Waals surface area contributed by atoms with Gasteiger partial charge in [0.1, 0.15) is 77.2 Å². The number of aryl methyl sites for hydroxylation is 1. The zero-order valence-electron chi connectivity index (χ0n) is 48.9. The lowest BCUT2D eigenvalue weighted by molar-refractivity contribution is -0.139. The molecule has 5 amide bonds. The van der Waals surface area contributed by atoms with Crippen molar-refractivity contribution < 1.29 is 63.1 Å². The maximum atomic E-state index is 14.4. The Morgan fingerprint density at radius 2 is 1.48 bits per heavy atom. The highest BCUT2D eigenvalue weighted by Crippen LogP contribution is 2.42. The second-order valence-electron chi connectivity index (χ2n) is 21.4. The molecule has 3 unspecified atom stereocenters. The number of carbonyl (C=O) groups excluding carboxylic acids is 6. The number of aliphatic carboxylic acids is 2. The Morgan fingerprint density at radius 1 is 0.756 bits per heavy atom. The monoisotopic (exact) mass is 1340 g/mol. The van der Waals surface area contributed by atoms with Gasteiger partial charge in [-0.2, -0.15) is 0 Å². The number of anilines is 1. The molecule has 8 heterocycles. The van der Waals surface area contributed by atoms with Crippen LogP contribution in [0.1, 0.15) is 138 Å². The predicted molar refractivity (Wildman–Crippen MR) is 338 cm³/mol. The molecule has 31 heteroatoms. The number of Topliss-reactive ketones (excluding diaryl/α,β-unsaturated/α-hetero) is 1. The van der Waals surface area contributed by atoms with E-state index in [1.807, 2.05) is 13.8 Å². The summed E-state index contributed by atoms with van der Waals surface area (Å²) in [5.74, 6) is -6.05. The fraction of sp³-hybridized carbons (Fsp3) is 0.373. The number of amides is 5. The lowest BCUT2D eigenvalue weighted by atomic mass is 9.90. The van der Waals surface area contributed by atoms with Crippen LogP contribution >= 0.6 is 68.0 Å². The average molecular weight is 1340 g/mol. The number of unbranched alkanes of at least 4 members (excludes halogenated alkanes) is 1. The third-order valence-electron chi connectivity index (χ3n) is 14.8. The van der Waals surface area contributed by atoms with E-state index >= 15 is 0 Å². The van der Waals surface area contributed by atoms with Crippen molar-refractivity contribution in [1.82, 2.24) is 56.2 Å². The number of fused-ring (bicyclic) bond motifs is 14. The highest BCUT2D eigenvalue weighted by Gasteiger charge is 2.44. The summed E-state index contributed by atoms with van der Waals surface area (Å²) in [7, 11) is 2.94. The number of nitrogens with one attached hydrogen (secondary N) is 4. The average Bonchev–Trinajstić information content (AvgIpc) is 1.98. The number of rotatable bonds is 17. The van der Waals surface area contributed by atoms with Gasteiger partial charge in [-0.25, -0.2) is 39.7 Å². The first-order valence-electron chi connectivity index (χ1n) is 28.3. The standard InChI is InChI=1S/C59H60N12O13S6/c1-27(2)32-18-39(72)45-28(3)89-56(69-45)35(19-42(73)60-4)63-50(78)37-24-85-52(65-37)31-14-15-34(54-67-41(26-88-54)71(16-10-9-13-44(75)76)59(82)84-21-30-17-33(30)58(80)81)62-46(31)36-23-86-55(64-36)38-25-87-57(66-38)48(49(77)29-11-7-6-8-12-29)68-43(74)20-61-51(79)47-40(22-83-5)90-53(32)70-47/h6-8,11-12,14-15,23-27,30,32-33,35,48-49,77H,9-10,13,16-22H2,1-5H3,(H,60,73)(H,61,79)(H,63,78)(H,68,74)(H,75,76)(H,80,81)/t30?,32?,33?,35-,48-,49-/m0/s1. The van der Waals surface area contributed by atoms with Crippen LogP contribution in [0.3, 0.4) is 0 Å². The van der Waals surface area contributed by atoms with Crippen molar-refractivity contribution >= 4 is 121 Å². The molecule has 1 aliphatic carbocycles. The zero-order chi connectivity index (χ0) is 63.9. The highest BCUT2D eigenvalue weighted by molar-refractivity contribution is 7.15. The first-order valence-corrected chi connectivity index (χ1v) is 33.5. The van der Waals surface area contributed by atoms with Crippen LogP contribution < -0.4 is 26.2 Å². The van der Waals surface area contributed by atoms with Crippen molar-refractivity contribution in [1.29, 1.82) is 0 Å². The summed E-state index contributed by atoms with van der Waals surface area (Å²) in [6, 6.07) is 10.0. The van der Waals surface area contributed by atoms with E-state index in [0.29, 0.717) is 86.5 Å². The van der Waals surface area contributed by atoms with Crippen molar-refractivity contribution in [2.45, 2.75) is 90.0 Å². The van der Waals surface area contributed by atoms with Gasteiger partial charge in [0.15, 0.2) is 5.78 Å². The minimum absolute atomic E-state index is 0.00189. The second kappa shape index (κ2) is 28.8. The number of ketones is 1. The van der Waals surface area contributed by atoms with Crippen molar-refractivity contribution in [2.24, 2.45) is 17.8 Å². The molecule has 0 saturated heterocycles. The van der Waals surface area contributed by atoms with Gasteiger partial charge in [0.05, 0.1) is 53.7 Å². The number of ether oxygens (including phenoxy) is 2. The molecule has 0 radical (unpaired) electrons. The van der Waals surface area contributed by atoms with E-state index in [2.05, 4.69) is 21.3 Å². The lowest BCUT2D eigenvalue weighted by Gasteiger charge is -2.23. The summed E-state index contributed by atoms with van der Waals surface area (Å²) in [6.45, 7) is 5.02. The van der Waals surface area contributed by atoms with Gasteiger partial charge < -0.3 is 46.1 Å². The van der Waals surface area contributed by atoms with Crippen LogP contribution in [-0.4, -0.2) is 132 Å². The molecular weight excluding hydrogens is 1280 g/mol. The summed E-state index contributed by atoms with van der Waals surface area (Å²) in [5.41, 5.74) is 2.50. The molecular formula is C59H60N12O13S6. The number of pyridine rings is 1. The second-order valence-corrected chi connectivity index (χ2v) is 27.3. The molecule has 1 saturated carbocycles. The van der Waals surface area contributed by atoms with Gasteiger partial charge in [-0.15, -0.1) is 68.0 Å². The van der Waals surface area contributed by atoms with Gasteiger partial charge in [-0.05, 0) is 49.8 Å². The Bertz CT molecular complexity index is 3990. The highest BCUT2D eigenvalue weighted by atomic mass is 32.1. The first-order chi connectivity index (χ1) is 43.3. The molecule has 6 atom stereocenters. The predicted octanol–water partition coefficient (Wildman–Crippen LogP) is 9.12. The number of hydrogen-bond acceptors (Lipinski definition) is 24. The molecule has 7 aromatic heterocycles. The molecule has 8 aromatic rings. The van der Waals surface area contributed by atoms with Crippen molar-refractivity contribution in [3.63, 3.8) is 0 Å². The topological polar surface area (TPSA) is 357 Å². The molecule has 25 nitrogen and oxygen atoms in total. The molecule has 2 aliphatic rings. The van der Waals surface area contributed by atoms with Crippen LogP contribution in [0.15, 0.2) is 64.0 Å². The molecule has 7 N–H and O–H groups in total. The normalized spacial score (nSPS) is 18.2. The number of aliphatic hydroxyl groups is 1. The Kier molecular flexibility index (Phi) is 20.7. The molecule has 10 rings (SSSR count). The van der Waals surface area contributed by atoms with E-state index in [1.54, 1.807) is 70.9 Å². The van der Waals surface area contributed by atoms with E-state index in [1.165, 1.54) is 64.4 Å². The molecule has 1 aliphatic heterocycles. The van der Waals surface area contributed by atoms with Gasteiger partial charge in [0, 0.05) is 77.3 Å². The minimum atomic E-state index is -1.30. The Balaban J connectivity index is 1.04. The fourth-order valence-electron chi connectivity index (χ4n) is 9.79. The first kappa shape index (κ1) is 64.8. The van der Waals surface area contributed by atoms with Crippen LogP contribution in [0, 0.1) is 24.7 Å². The third kappa shape index (κ3) is 15.2. The molecule has 1 fully saturated rings. The Labute approximate surface area is 538 Å². The fourth-order valence-corrected chi connectivity index (χ4v) is 15.4. The Hall–Kier alpha value is -8.17. The van der Waals surface area contributed by atoms with Crippen LogP contribution in [0.2, 0.25) is 0 Å². The minimum Gasteiger partial charge on any atom is -0.481 e. The number of nitrogens with zero attached hydrogens (tertiary/aromatic N) is 8. The molecule has 10 bridgehead atoms. The van der Waals surface area contributed by atoms with Crippen molar-refractivity contribution in [3.05, 3.63) is 111 Å². The van der Waals surface area contributed by atoms with Gasteiger partial charge in [0.25, 0.3) is 11.8 Å². The lowest BCUT2D eigenvalue weighted by Crippen LogP contribution is -2.40. The Morgan fingerprint density at radius 3 is 2.21 bits per heavy atom. The number of hydrogen-bond donors (Lipinski definition) is 7. The number of benzene rings is 1. The van der Waals surface area contributed by atoms with Gasteiger partial charge in [0.2, 0.25) is 11.8 Å². The van der Waals surface area contributed by atoms with Crippen LogP contribution in [0.25, 0.3) is 43.4 Å². The quantitative estimate of drug-likeness (QED) is 0.0418.